The van der Waals surface area contributed by atoms with Crippen molar-refractivity contribution in [2.24, 2.45) is 0 Å². The number of nitrogens with one attached hydrogen (secondary N) is 2. The van der Waals surface area contributed by atoms with E-state index in [1.165, 1.54) is 0 Å². The Morgan fingerprint density at radius 1 is 0.964 bits per heavy atom. The largest absolute Gasteiger partial charge is 0.457 e. The van der Waals surface area contributed by atoms with Crippen LogP contribution in [0, 0.1) is 0 Å². The number of ether oxygens (including phenoxy) is 2. The van der Waals surface area contributed by atoms with Crippen molar-refractivity contribution >= 4 is 17.4 Å². The number of hydrogen-bond donors (Lipinski definition) is 2. The Labute approximate surface area is 164 Å². The Morgan fingerprint density at radius 2 is 1.71 bits per heavy atom. The first kappa shape index (κ1) is 19.4. The van der Waals surface area contributed by atoms with E-state index in [1.807, 2.05) is 42.5 Å². The van der Waals surface area contributed by atoms with Crippen LogP contribution in [0.15, 0.2) is 72.9 Å². The van der Waals surface area contributed by atoms with Gasteiger partial charge in [-0.05, 0) is 55.0 Å². The van der Waals surface area contributed by atoms with Crippen molar-refractivity contribution in [3.05, 3.63) is 78.5 Å². The van der Waals surface area contributed by atoms with E-state index in [0.717, 1.165) is 24.5 Å². The fraction of sp³-hybridized carbons (Fsp3) is 0.182. The van der Waals surface area contributed by atoms with Crippen LogP contribution in [0.3, 0.4) is 0 Å². The first-order valence-corrected chi connectivity index (χ1v) is 9.08. The Bertz CT molecular complexity index is 866. The molecular formula is C22H23N3O3. The quantitative estimate of drug-likeness (QED) is 0.534. The molecule has 6 nitrogen and oxygen atoms in total. The number of hydrogen-bond acceptors (Lipinski definition) is 5. The highest BCUT2D eigenvalue weighted by molar-refractivity contribution is 6.04. The fourth-order valence-electron chi connectivity index (χ4n) is 2.50. The predicted molar refractivity (Wildman–Crippen MR) is 110 cm³/mol. The molecule has 0 radical (unpaired) electrons. The molecule has 0 saturated carbocycles. The van der Waals surface area contributed by atoms with Crippen molar-refractivity contribution in [1.82, 2.24) is 4.98 Å². The molecule has 3 aromatic rings. The number of anilines is 2. The molecule has 0 aliphatic heterocycles. The number of amides is 1. The molecule has 0 aliphatic carbocycles. The highest BCUT2D eigenvalue weighted by Gasteiger charge is 2.07. The van der Waals surface area contributed by atoms with Crippen molar-refractivity contribution in [1.29, 1.82) is 0 Å². The van der Waals surface area contributed by atoms with E-state index in [0.29, 0.717) is 23.6 Å². The van der Waals surface area contributed by atoms with Gasteiger partial charge in [0.2, 0.25) is 0 Å². The summed E-state index contributed by atoms with van der Waals surface area (Å²) in [4.78, 5) is 16.6. The van der Waals surface area contributed by atoms with Crippen molar-refractivity contribution in [3.63, 3.8) is 0 Å². The van der Waals surface area contributed by atoms with Crippen LogP contribution in [0.4, 0.5) is 11.5 Å². The van der Waals surface area contributed by atoms with Gasteiger partial charge in [-0.25, -0.2) is 4.98 Å². The lowest BCUT2D eigenvalue weighted by Crippen LogP contribution is -2.12. The van der Waals surface area contributed by atoms with Gasteiger partial charge in [0.25, 0.3) is 5.91 Å². The molecule has 1 amide bonds. The third kappa shape index (κ3) is 5.82. The van der Waals surface area contributed by atoms with Crippen LogP contribution in [-0.4, -0.2) is 31.2 Å². The van der Waals surface area contributed by atoms with E-state index < -0.39 is 0 Å². The van der Waals surface area contributed by atoms with Crippen LogP contribution in [0.2, 0.25) is 0 Å². The maximum absolute atomic E-state index is 12.4. The third-order valence-corrected chi connectivity index (χ3v) is 3.95. The lowest BCUT2D eigenvalue weighted by molar-refractivity contribution is 0.102. The van der Waals surface area contributed by atoms with Crippen LogP contribution >= 0.6 is 0 Å². The molecule has 0 saturated heterocycles. The Balaban J connectivity index is 1.52. The van der Waals surface area contributed by atoms with E-state index in [1.54, 1.807) is 37.6 Å². The van der Waals surface area contributed by atoms with Gasteiger partial charge in [-0.15, -0.1) is 0 Å². The maximum atomic E-state index is 12.4. The summed E-state index contributed by atoms with van der Waals surface area (Å²) in [7, 11) is 1.68. The lowest BCUT2D eigenvalue weighted by Gasteiger charge is -2.09. The van der Waals surface area contributed by atoms with Crippen molar-refractivity contribution in [2.45, 2.75) is 6.42 Å². The molecule has 0 spiro atoms. The van der Waals surface area contributed by atoms with E-state index in [4.69, 9.17) is 9.47 Å². The molecule has 2 aromatic carbocycles. The molecule has 1 heterocycles. The number of rotatable bonds is 9. The number of aromatic nitrogens is 1. The summed E-state index contributed by atoms with van der Waals surface area (Å²) in [5, 5.41) is 6.04. The van der Waals surface area contributed by atoms with Crippen LogP contribution in [0.1, 0.15) is 16.8 Å². The molecule has 0 fully saturated rings. The minimum atomic E-state index is -0.213. The highest BCUT2D eigenvalue weighted by Crippen LogP contribution is 2.22. The number of benzene rings is 2. The zero-order valence-electron chi connectivity index (χ0n) is 15.7. The average molecular weight is 377 g/mol. The molecule has 0 aliphatic rings. The second-order valence-corrected chi connectivity index (χ2v) is 6.10. The molecule has 0 unspecified atom stereocenters. The molecule has 144 valence electrons. The zero-order valence-corrected chi connectivity index (χ0v) is 15.7. The molecule has 6 heteroatoms. The molecule has 3 rings (SSSR count). The van der Waals surface area contributed by atoms with Crippen molar-refractivity contribution < 1.29 is 14.3 Å². The summed E-state index contributed by atoms with van der Waals surface area (Å²) in [6, 6.07) is 20.3. The second kappa shape index (κ2) is 10.1. The summed E-state index contributed by atoms with van der Waals surface area (Å²) in [6.45, 7) is 1.46. The normalized spacial score (nSPS) is 10.3. The van der Waals surface area contributed by atoms with E-state index in [2.05, 4.69) is 15.6 Å². The molecular weight excluding hydrogens is 354 g/mol. The summed E-state index contributed by atoms with van der Waals surface area (Å²) in [5.41, 5.74) is 1.18. The third-order valence-electron chi connectivity index (χ3n) is 3.95. The smallest absolute Gasteiger partial charge is 0.257 e. The summed E-state index contributed by atoms with van der Waals surface area (Å²) >= 11 is 0. The number of carbonyl (C=O) groups excluding carboxylic acids is 1. The first-order chi connectivity index (χ1) is 13.7. The Morgan fingerprint density at radius 3 is 2.39 bits per heavy atom. The number of nitrogens with zero attached hydrogens (tertiary/aromatic N) is 1. The van der Waals surface area contributed by atoms with E-state index in [9.17, 15) is 4.79 Å². The average Bonchev–Trinajstić information content (AvgIpc) is 2.74. The van der Waals surface area contributed by atoms with Crippen LogP contribution in [0.25, 0.3) is 0 Å². The van der Waals surface area contributed by atoms with Gasteiger partial charge >= 0.3 is 0 Å². The van der Waals surface area contributed by atoms with Gasteiger partial charge in [0.1, 0.15) is 17.3 Å². The highest BCUT2D eigenvalue weighted by atomic mass is 16.5. The zero-order chi connectivity index (χ0) is 19.6. The van der Waals surface area contributed by atoms with Crippen LogP contribution in [-0.2, 0) is 4.74 Å². The summed E-state index contributed by atoms with van der Waals surface area (Å²) < 4.78 is 10.7. The first-order valence-electron chi connectivity index (χ1n) is 9.08. The van der Waals surface area contributed by atoms with Gasteiger partial charge in [0, 0.05) is 32.1 Å². The SMILES string of the molecule is COCCCNc1ccc(C(=O)Nc2ccc(Oc3ccccc3)cc2)cn1. The van der Waals surface area contributed by atoms with Crippen molar-refractivity contribution in [3.8, 4) is 11.5 Å². The second-order valence-electron chi connectivity index (χ2n) is 6.10. The minimum absolute atomic E-state index is 0.213. The van der Waals surface area contributed by atoms with Gasteiger partial charge in [0.05, 0.1) is 5.56 Å². The van der Waals surface area contributed by atoms with Gasteiger partial charge in [-0.3, -0.25) is 4.79 Å². The Kier molecular flexibility index (Phi) is 6.98. The Hall–Kier alpha value is -3.38. The number of para-hydroxylation sites is 1. The number of carbonyl (C=O) groups is 1. The molecule has 0 atom stereocenters. The lowest BCUT2D eigenvalue weighted by atomic mass is 10.2. The van der Waals surface area contributed by atoms with Gasteiger partial charge < -0.3 is 20.1 Å². The summed E-state index contributed by atoms with van der Waals surface area (Å²) in [5.74, 6) is 1.99. The molecule has 2 N–H and O–H groups in total. The predicted octanol–water partition coefficient (Wildman–Crippen LogP) is 4.57. The van der Waals surface area contributed by atoms with Gasteiger partial charge in [-0.1, -0.05) is 18.2 Å². The van der Waals surface area contributed by atoms with Gasteiger partial charge in [-0.2, -0.15) is 0 Å². The van der Waals surface area contributed by atoms with Crippen LogP contribution in [0.5, 0.6) is 11.5 Å². The monoisotopic (exact) mass is 377 g/mol. The molecule has 1 aromatic heterocycles. The minimum Gasteiger partial charge on any atom is -0.457 e. The van der Waals surface area contributed by atoms with Crippen LogP contribution < -0.4 is 15.4 Å². The topological polar surface area (TPSA) is 72.5 Å². The maximum Gasteiger partial charge on any atom is 0.257 e. The number of pyridine rings is 1. The summed E-state index contributed by atoms with van der Waals surface area (Å²) in [6.07, 6.45) is 2.45. The van der Waals surface area contributed by atoms with E-state index in [-0.39, 0.29) is 5.91 Å². The standard InChI is InChI=1S/C22H23N3O3/c1-27-15-5-14-23-21-13-8-17(16-24-21)22(26)25-18-9-11-20(12-10-18)28-19-6-3-2-4-7-19/h2-4,6-13,16H,5,14-15H2,1H3,(H,23,24)(H,25,26). The van der Waals surface area contributed by atoms with E-state index >= 15 is 0 Å². The molecule has 28 heavy (non-hydrogen) atoms. The molecule has 0 bridgehead atoms. The number of methoxy groups -OCH3 is 1. The fourth-order valence-corrected chi connectivity index (χ4v) is 2.50. The van der Waals surface area contributed by atoms with Gasteiger partial charge in [0.15, 0.2) is 0 Å². The van der Waals surface area contributed by atoms with Crippen molar-refractivity contribution in [2.75, 3.05) is 30.9 Å².